The third-order valence-electron chi connectivity index (χ3n) is 4.24. The van der Waals surface area contributed by atoms with Crippen molar-refractivity contribution in [1.29, 1.82) is 0 Å². The molecule has 9 nitrogen and oxygen atoms in total. The van der Waals surface area contributed by atoms with Crippen LogP contribution in [-0.2, 0) is 9.53 Å². The summed E-state index contributed by atoms with van der Waals surface area (Å²) >= 11 is 0. The summed E-state index contributed by atoms with van der Waals surface area (Å²) in [5, 5.41) is 5.98. The zero-order valence-corrected chi connectivity index (χ0v) is 16.0. The van der Waals surface area contributed by atoms with Gasteiger partial charge in [0.05, 0.1) is 6.61 Å². The SMILES string of the molecule is CCOC(=O)N1CCN(c2cc(Nc3cccc(NC(C)=O)c3)ncn2)CC1. The minimum Gasteiger partial charge on any atom is -0.450 e. The van der Waals surface area contributed by atoms with E-state index in [4.69, 9.17) is 4.74 Å². The van der Waals surface area contributed by atoms with Gasteiger partial charge in [-0.3, -0.25) is 4.79 Å². The lowest BCUT2D eigenvalue weighted by Gasteiger charge is -2.34. The van der Waals surface area contributed by atoms with Gasteiger partial charge in [0, 0.05) is 50.5 Å². The zero-order valence-electron chi connectivity index (χ0n) is 16.0. The number of carbonyl (C=O) groups is 2. The minimum atomic E-state index is -0.272. The van der Waals surface area contributed by atoms with Crippen LogP contribution in [0.15, 0.2) is 36.7 Å². The van der Waals surface area contributed by atoms with E-state index in [0.29, 0.717) is 44.3 Å². The number of ether oxygens (including phenoxy) is 1. The van der Waals surface area contributed by atoms with Gasteiger partial charge >= 0.3 is 6.09 Å². The molecule has 0 bridgehead atoms. The highest BCUT2D eigenvalue weighted by Gasteiger charge is 2.22. The second-order valence-corrected chi connectivity index (χ2v) is 6.32. The van der Waals surface area contributed by atoms with E-state index in [1.54, 1.807) is 11.8 Å². The average molecular weight is 384 g/mol. The van der Waals surface area contributed by atoms with Crippen LogP contribution in [0.3, 0.4) is 0 Å². The topological polar surface area (TPSA) is 99.7 Å². The third kappa shape index (κ3) is 5.09. The van der Waals surface area contributed by atoms with Gasteiger partial charge in [-0.05, 0) is 25.1 Å². The maximum atomic E-state index is 11.8. The van der Waals surface area contributed by atoms with Crippen LogP contribution in [0.4, 0.5) is 27.8 Å². The highest BCUT2D eigenvalue weighted by Crippen LogP contribution is 2.22. The average Bonchev–Trinajstić information content (AvgIpc) is 2.68. The first-order chi connectivity index (χ1) is 13.5. The molecule has 0 spiro atoms. The summed E-state index contributed by atoms with van der Waals surface area (Å²) < 4.78 is 5.05. The fraction of sp³-hybridized carbons (Fsp3) is 0.368. The molecule has 3 rings (SSSR count). The number of carbonyl (C=O) groups excluding carboxylic acids is 2. The van der Waals surface area contributed by atoms with Gasteiger partial charge < -0.3 is 25.2 Å². The van der Waals surface area contributed by atoms with Gasteiger partial charge in [-0.2, -0.15) is 0 Å². The summed E-state index contributed by atoms with van der Waals surface area (Å²) in [6.45, 7) is 6.17. The van der Waals surface area contributed by atoms with Crippen molar-refractivity contribution in [3.8, 4) is 0 Å². The Bertz CT molecular complexity index is 836. The van der Waals surface area contributed by atoms with Gasteiger partial charge in [0.15, 0.2) is 0 Å². The van der Waals surface area contributed by atoms with Gasteiger partial charge in [-0.1, -0.05) is 6.07 Å². The Morgan fingerprint density at radius 2 is 1.86 bits per heavy atom. The van der Waals surface area contributed by atoms with Crippen molar-refractivity contribution >= 4 is 35.0 Å². The highest BCUT2D eigenvalue weighted by atomic mass is 16.6. The molecule has 148 valence electrons. The molecule has 2 amide bonds. The Morgan fingerprint density at radius 1 is 1.11 bits per heavy atom. The van der Waals surface area contributed by atoms with Gasteiger partial charge in [0.2, 0.25) is 5.91 Å². The van der Waals surface area contributed by atoms with Crippen molar-refractivity contribution in [3.05, 3.63) is 36.7 Å². The number of hydrogen-bond donors (Lipinski definition) is 2. The molecule has 2 aromatic rings. The van der Waals surface area contributed by atoms with Crippen molar-refractivity contribution < 1.29 is 14.3 Å². The van der Waals surface area contributed by atoms with E-state index >= 15 is 0 Å². The lowest BCUT2D eigenvalue weighted by atomic mass is 10.2. The molecule has 1 aliphatic rings. The Labute approximate surface area is 163 Å². The van der Waals surface area contributed by atoms with E-state index in [-0.39, 0.29) is 12.0 Å². The molecule has 1 saturated heterocycles. The summed E-state index contributed by atoms with van der Waals surface area (Å²) in [4.78, 5) is 35.5. The molecule has 0 unspecified atom stereocenters. The molecule has 2 heterocycles. The monoisotopic (exact) mass is 384 g/mol. The smallest absolute Gasteiger partial charge is 0.409 e. The molecule has 0 aliphatic carbocycles. The first-order valence-corrected chi connectivity index (χ1v) is 9.18. The van der Waals surface area contributed by atoms with E-state index < -0.39 is 0 Å². The van der Waals surface area contributed by atoms with Crippen molar-refractivity contribution in [2.45, 2.75) is 13.8 Å². The minimum absolute atomic E-state index is 0.122. The van der Waals surface area contributed by atoms with Crippen molar-refractivity contribution in [1.82, 2.24) is 14.9 Å². The van der Waals surface area contributed by atoms with Crippen LogP contribution in [0, 0.1) is 0 Å². The summed E-state index contributed by atoms with van der Waals surface area (Å²) in [6, 6.07) is 9.27. The van der Waals surface area contributed by atoms with Crippen LogP contribution in [0.5, 0.6) is 0 Å². The lowest BCUT2D eigenvalue weighted by molar-refractivity contribution is -0.114. The van der Waals surface area contributed by atoms with E-state index in [0.717, 1.165) is 11.5 Å². The first-order valence-electron chi connectivity index (χ1n) is 9.18. The molecule has 2 N–H and O–H groups in total. The molecule has 0 saturated carbocycles. The molecule has 28 heavy (non-hydrogen) atoms. The Hall–Kier alpha value is -3.36. The van der Waals surface area contributed by atoms with Crippen molar-refractivity contribution in [3.63, 3.8) is 0 Å². The number of anilines is 4. The summed E-state index contributed by atoms with van der Waals surface area (Å²) in [5.74, 6) is 1.32. The predicted molar refractivity (Wildman–Crippen MR) is 107 cm³/mol. The van der Waals surface area contributed by atoms with E-state index in [1.807, 2.05) is 30.3 Å². The van der Waals surface area contributed by atoms with E-state index in [2.05, 4.69) is 25.5 Å². The normalized spacial score (nSPS) is 13.8. The fourth-order valence-electron chi connectivity index (χ4n) is 2.95. The fourth-order valence-corrected chi connectivity index (χ4v) is 2.95. The number of nitrogens with one attached hydrogen (secondary N) is 2. The number of benzene rings is 1. The standard InChI is InChI=1S/C19H24N6O3/c1-3-28-19(27)25-9-7-24(8-10-25)18-12-17(20-13-21-18)23-16-6-4-5-15(11-16)22-14(2)26/h4-6,11-13H,3,7-10H2,1-2H3,(H,22,26)(H,20,21,23). The first kappa shape index (κ1) is 19.4. The van der Waals surface area contributed by atoms with Crippen molar-refractivity contribution in [2.75, 3.05) is 48.3 Å². The number of piperazine rings is 1. The summed E-state index contributed by atoms with van der Waals surface area (Å²) in [7, 11) is 0. The van der Waals surface area contributed by atoms with Crippen LogP contribution < -0.4 is 15.5 Å². The maximum absolute atomic E-state index is 11.8. The third-order valence-corrected chi connectivity index (χ3v) is 4.24. The quantitative estimate of drug-likeness (QED) is 0.817. The van der Waals surface area contributed by atoms with E-state index in [9.17, 15) is 9.59 Å². The molecule has 1 aromatic carbocycles. The number of aromatic nitrogens is 2. The van der Waals surface area contributed by atoms with Gasteiger partial charge in [-0.25, -0.2) is 14.8 Å². The Balaban J connectivity index is 1.63. The Kier molecular flexibility index (Phi) is 6.25. The lowest BCUT2D eigenvalue weighted by Crippen LogP contribution is -2.49. The summed E-state index contributed by atoms with van der Waals surface area (Å²) in [6.07, 6.45) is 1.24. The molecule has 1 aliphatic heterocycles. The zero-order chi connectivity index (χ0) is 19.9. The van der Waals surface area contributed by atoms with Gasteiger partial charge in [0.25, 0.3) is 0 Å². The van der Waals surface area contributed by atoms with Gasteiger partial charge in [-0.15, -0.1) is 0 Å². The Morgan fingerprint density at radius 3 is 2.57 bits per heavy atom. The number of rotatable bonds is 5. The van der Waals surface area contributed by atoms with Crippen LogP contribution in [0.2, 0.25) is 0 Å². The second-order valence-electron chi connectivity index (χ2n) is 6.32. The molecule has 0 radical (unpaired) electrons. The molecule has 9 heteroatoms. The largest absolute Gasteiger partial charge is 0.450 e. The van der Waals surface area contributed by atoms with E-state index in [1.165, 1.54) is 13.3 Å². The molecular weight excluding hydrogens is 360 g/mol. The number of hydrogen-bond acceptors (Lipinski definition) is 7. The molecule has 0 atom stereocenters. The van der Waals surface area contributed by atoms with Gasteiger partial charge in [0.1, 0.15) is 18.0 Å². The number of nitrogens with zero attached hydrogens (tertiary/aromatic N) is 4. The molecular formula is C19H24N6O3. The maximum Gasteiger partial charge on any atom is 0.409 e. The van der Waals surface area contributed by atoms with Crippen molar-refractivity contribution in [2.24, 2.45) is 0 Å². The van der Waals surface area contributed by atoms with Crippen LogP contribution in [0.1, 0.15) is 13.8 Å². The molecule has 1 aromatic heterocycles. The van der Waals surface area contributed by atoms with Crippen LogP contribution in [0.25, 0.3) is 0 Å². The summed E-state index contributed by atoms with van der Waals surface area (Å²) in [5.41, 5.74) is 1.52. The predicted octanol–water partition coefficient (Wildman–Crippen LogP) is 2.46. The number of amides is 2. The highest BCUT2D eigenvalue weighted by molar-refractivity contribution is 5.89. The second kappa shape index (κ2) is 9.03. The van der Waals surface area contributed by atoms with Crippen LogP contribution in [-0.4, -0.2) is 59.7 Å². The van der Waals surface area contributed by atoms with Crippen LogP contribution >= 0.6 is 0 Å². The molecule has 1 fully saturated rings.